The Morgan fingerprint density at radius 3 is 2.56 bits per heavy atom. The Hall–Kier alpha value is -2.84. The SMILES string of the molecule is Cc1cc(OCC(=O)OCC(=O)Nc2ccc(Cl)cc2[N+](=O)[O-])ccc1Cl. The maximum Gasteiger partial charge on any atom is 0.344 e. The number of hydrogen-bond donors (Lipinski definition) is 1. The van der Waals surface area contributed by atoms with E-state index in [0.717, 1.165) is 11.6 Å². The summed E-state index contributed by atoms with van der Waals surface area (Å²) in [6.45, 7) is 0.755. The maximum atomic E-state index is 11.8. The van der Waals surface area contributed by atoms with Crippen molar-refractivity contribution in [3.63, 3.8) is 0 Å². The summed E-state index contributed by atoms with van der Waals surface area (Å²) in [5.74, 6) is -1.09. The largest absolute Gasteiger partial charge is 0.482 e. The zero-order chi connectivity index (χ0) is 20.0. The topological polar surface area (TPSA) is 108 Å². The van der Waals surface area contributed by atoms with Crippen molar-refractivity contribution in [2.75, 3.05) is 18.5 Å². The molecule has 0 aliphatic rings. The van der Waals surface area contributed by atoms with Crippen LogP contribution in [-0.2, 0) is 14.3 Å². The fourth-order valence-corrected chi connectivity index (χ4v) is 2.27. The van der Waals surface area contributed by atoms with Crippen LogP contribution in [0.25, 0.3) is 0 Å². The van der Waals surface area contributed by atoms with Gasteiger partial charge in [0.15, 0.2) is 13.2 Å². The van der Waals surface area contributed by atoms with Crippen LogP contribution in [0.1, 0.15) is 5.56 Å². The molecule has 27 heavy (non-hydrogen) atoms. The molecule has 10 heteroatoms. The van der Waals surface area contributed by atoms with Gasteiger partial charge in [-0.15, -0.1) is 0 Å². The molecule has 1 N–H and O–H groups in total. The summed E-state index contributed by atoms with van der Waals surface area (Å²) < 4.78 is 10.0. The van der Waals surface area contributed by atoms with Gasteiger partial charge in [-0.3, -0.25) is 14.9 Å². The first-order chi connectivity index (χ1) is 12.8. The van der Waals surface area contributed by atoms with E-state index in [1.165, 1.54) is 12.1 Å². The molecule has 0 atom stereocenters. The molecular formula is C17H14Cl2N2O6. The molecule has 0 heterocycles. The van der Waals surface area contributed by atoms with Gasteiger partial charge in [-0.05, 0) is 42.8 Å². The molecule has 2 rings (SSSR count). The number of benzene rings is 2. The molecule has 0 aliphatic heterocycles. The van der Waals surface area contributed by atoms with Crippen molar-refractivity contribution >= 4 is 46.5 Å². The predicted octanol–water partition coefficient (Wildman–Crippen LogP) is 3.77. The lowest BCUT2D eigenvalue weighted by Crippen LogP contribution is -2.24. The van der Waals surface area contributed by atoms with E-state index in [-0.39, 0.29) is 16.4 Å². The van der Waals surface area contributed by atoms with Crippen molar-refractivity contribution in [2.24, 2.45) is 0 Å². The molecule has 0 saturated heterocycles. The first-order valence-corrected chi connectivity index (χ1v) is 8.30. The van der Waals surface area contributed by atoms with Gasteiger partial charge in [-0.25, -0.2) is 4.79 Å². The monoisotopic (exact) mass is 412 g/mol. The molecule has 0 saturated carbocycles. The van der Waals surface area contributed by atoms with Gasteiger partial charge < -0.3 is 14.8 Å². The van der Waals surface area contributed by atoms with Crippen LogP contribution in [0.4, 0.5) is 11.4 Å². The summed E-state index contributed by atoms with van der Waals surface area (Å²) >= 11 is 11.6. The highest BCUT2D eigenvalue weighted by Gasteiger charge is 2.17. The van der Waals surface area contributed by atoms with Gasteiger partial charge >= 0.3 is 5.97 Å². The first kappa shape index (κ1) is 20.5. The van der Waals surface area contributed by atoms with E-state index >= 15 is 0 Å². The number of amides is 1. The van der Waals surface area contributed by atoms with E-state index in [2.05, 4.69) is 5.32 Å². The van der Waals surface area contributed by atoms with Gasteiger partial charge in [-0.2, -0.15) is 0 Å². The summed E-state index contributed by atoms with van der Waals surface area (Å²) in [7, 11) is 0. The van der Waals surface area contributed by atoms with Crippen LogP contribution in [0.5, 0.6) is 5.75 Å². The standard InChI is InChI=1S/C17H14Cl2N2O6/c1-10-6-12(3-4-13(10)19)26-9-17(23)27-8-16(22)20-14-5-2-11(18)7-15(14)21(24)25/h2-7H,8-9H2,1H3,(H,20,22). The number of ether oxygens (including phenoxy) is 2. The summed E-state index contributed by atoms with van der Waals surface area (Å²) in [5, 5.41) is 14.0. The molecule has 0 spiro atoms. The second-order valence-corrected chi connectivity index (χ2v) is 6.17. The molecule has 1 amide bonds. The van der Waals surface area contributed by atoms with Crippen molar-refractivity contribution < 1.29 is 24.0 Å². The molecule has 0 unspecified atom stereocenters. The number of nitro groups is 1. The lowest BCUT2D eigenvalue weighted by molar-refractivity contribution is -0.383. The number of hydrogen-bond acceptors (Lipinski definition) is 6. The van der Waals surface area contributed by atoms with Gasteiger partial charge in [0.2, 0.25) is 0 Å². The molecule has 142 valence electrons. The van der Waals surface area contributed by atoms with Crippen LogP contribution < -0.4 is 10.1 Å². The number of rotatable bonds is 7. The number of nitro benzene ring substituents is 1. The van der Waals surface area contributed by atoms with Crippen LogP contribution in [0, 0.1) is 17.0 Å². The Bertz CT molecular complexity index is 888. The Balaban J connectivity index is 1.84. The maximum absolute atomic E-state index is 11.8. The molecule has 2 aromatic carbocycles. The van der Waals surface area contributed by atoms with Crippen LogP contribution >= 0.6 is 23.2 Å². The highest BCUT2D eigenvalue weighted by Crippen LogP contribution is 2.27. The molecule has 2 aromatic rings. The summed E-state index contributed by atoms with van der Waals surface area (Å²) in [6, 6.07) is 8.65. The summed E-state index contributed by atoms with van der Waals surface area (Å²) in [6.07, 6.45) is 0. The van der Waals surface area contributed by atoms with Crippen molar-refractivity contribution in [3.8, 4) is 5.75 Å². The molecule has 0 radical (unpaired) electrons. The average Bonchev–Trinajstić information content (AvgIpc) is 2.62. The third-order valence-electron chi connectivity index (χ3n) is 3.28. The number of halogens is 2. The van der Waals surface area contributed by atoms with Crippen LogP contribution in [0.15, 0.2) is 36.4 Å². The Labute approximate surface area is 164 Å². The van der Waals surface area contributed by atoms with Crippen LogP contribution in [0.3, 0.4) is 0 Å². The van der Waals surface area contributed by atoms with Crippen LogP contribution in [0.2, 0.25) is 10.0 Å². The van der Waals surface area contributed by atoms with Gasteiger partial charge in [0.1, 0.15) is 11.4 Å². The second-order valence-electron chi connectivity index (χ2n) is 5.33. The van der Waals surface area contributed by atoms with Crippen LogP contribution in [-0.4, -0.2) is 30.0 Å². The van der Waals surface area contributed by atoms with E-state index in [1.807, 2.05) is 0 Å². The molecule has 0 aliphatic carbocycles. The third kappa shape index (κ3) is 6.12. The van der Waals surface area contributed by atoms with Crippen molar-refractivity contribution in [2.45, 2.75) is 6.92 Å². The van der Waals surface area contributed by atoms with E-state index in [0.29, 0.717) is 10.8 Å². The number of carbonyl (C=O) groups excluding carboxylic acids is 2. The van der Waals surface area contributed by atoms with E-state index < -0.39 is 30.0 Å². The zero-order valence-corrected chi connectivity index (χ0v) is 15.5. The fourth-order valence-electron chi connectivity index (χ4n) is 1.98. The number of nitrogens with one attached hydrogen (secondary N) is 1. The highest BCUT2D eigenvalue weighted by molar-refractivity contribution is 6.31. The van der Waals surface area contributed by atoms with Gasteiger partial charge in [0.25, 0.3) is 11.6 Å². The lowest BCUT2D eigenvalue weighted by Gasteiger charge is -2.09. The number of anilines is 1. The summed E-state index contributed by atoms with van der Waals surface area (Å²) in [4.78, 5) is 33.8. The highest BCUT2D eigenvalue weighted by atomic mass is 35.5. The fraction of sp³-hybridized carbons (Fsp3) is 0.176. The number of nitrogens with zero attached hydrogens (tertiary/aromatic N) is 1. The minimum absolute atomic E-state index is 0.0571. The normalized spacial score (nSPS) is 10.2. The molecular weight excluding hydrogens is 399 g/mol. The number of esters is 1. The second kappa shape index (κ2) is 9.20. The van der Waals surface area contributed by atoms with E-state index in [9.17, 15) is 19.7 Å². The van der Waals surface area contributed by atoms with Crippen molar-refractivity contribution in [1.29, 1.82) is 0 Å². The zero-order valence-electron chi connectivity index (χ0n) is 14.0. The molecule has 0 bridgehead atoms. The van der Waals surface area contributed by atoms with Gasteiger partial charge in [0.05, 0.1) is 4.92 Å². The quantitative estimate of drug-likeness (QED) is 0.421. The minimum Gasteiger partial charge on any atom is -0.482 e. The van der Waals surface area contributed by atoms with E-state index in [1.54, 1.807) is 25.1 Å². The number of aryl methyl sites for hydroxylation is 1. The third-order valence-corrected chi connectivity index (χ3v) is 3.94. The lowest BCUT2D eigenvalue weighted by atomic mass is 10.2. The minimum atomic E-state index is -0.775. The molecule has 0 fully saturated rings. The Kier molecular flexibility index (Phi) is 6.98. The Morgan fingerprint density at radius 2 is 1.89 bits per heavy atom. The predicted molar refractivity (Wildman–Crippen MR) is 99.4 cm³/mol. The summed E-state index contributed by atoms with van der Waals surface area (Å²) in [5.41, 5.74) is 0.355. The molecule has 8 nitrogen and oxygen atoms in total. The first-order valence-electron chi connectivity index (χ1n) is 7.54. The van der Waals surface area contributed by atoms with Crippen molar-refractivity contribution in [1.82, 2.24) is 0 Å². The van der Waals surface area contributed by atoms with E-state index in [4.69, 9.17) is 32.7 Å². The molecule has 0 aromatic heterocycles. The number of carbonyl (C=O) groups is 2. The van der Waals surface area contributed by atoms with Gasteiger partial charge in [-0.1, -0.05) is 23.2 Å². The average molecular weight is 413 g/mol. The van der Waals surface area contributed by atoms with Crippen molar-refractivity contribution in [3.05, 3.63) is 62.1 Å². The van der Waals surface area contributed by atoms with Gasteiger partial charge in [0, 0.05) is 16.1 Å². The smallest absolute Gasteiger partial charge is 0.344 e. The Morgan fingerprint density at radius 1 is 1.15 bits per heavy atom.